The Balaban J connectivity index is 1.96. The third kappa shape index (κ3) is 4.89. The Morgan fingerprint density at radius 2 is 1.95 bits per heavy atom. The molecule has 4 nitrogen and oxygen atoms in total. The van der Waals surface area contributed by atoms with Crippen LogP contribution in [0, 0.1) is 0 Å². The minimum absolute atomic E-state index is 0.259. The van der Waals surface area contributed by atoms with Gasteiger partial charge in [-0.15, -0.1) is 11.3 Å². The zero-order valence-electron chi connectivity index (χ0n) is 11.2. The van der Waals surface area contributed by atoms with Crippen molar-refractivity contribution in [2.45, 2.75) is 12.5 Å². The van der Waals surface area contributed by atoms with E-state index in [1.54, 1.807) is 6.08 Å². The molecule has 1 aromatic heterocycles. The Hall–Kier alpha value is -2.40. The highest BCUT2D eigenvalue weighted by Gasteiger charge is 2.19. The van der Waals surface area contributed by atoms with Crippen molar-refractivity contribution < 1.29 is 14.7 Å². The fourth-order valence-corrected chi connectivity index (χ4v) is 2.43. The number of hydrogen-bond donors (Lipinski definition) is 2. The molecule has 5 heteroatoms. The zero-order valence-corrected chi connectivity index (χ0v) is 12.0. The van der Waals surface area contributed by atoms with Crippen molar-refractivity contribution in [3.8, 4) is 0 Å². The van der Waals surface area contributed by atoms with Gasteiger partial charge in [0.15, 0.2) is 0 Å². The van der Waals surface area contributed by atoms with Gasteiger partial charge in [-0.25, -0.2) is 4.79 Å². The van der Waals surface area contributed by atoms with Crippen molar-refractivity contribution in [2.75, 3.05) is 0 Å². The molecule has 1 atom stereocenters. The van der Waals surface area contributed by atoms with Gasteiger partial charge in [-0.2, -0.15) is 0 Å². The van der Waals surface area contributed by atoms with Crippen LogP contribution in [0.3, 0.4) is 0 Å². The highest BCUT2D eigenvalue weighted by atomic mass is 32.1. The third-order valence-corrected chi connectivity index (χ3v) is 3.68. The van der Waals surface area contributed by atoms with E-state index in [4.69, 9.17) is 0 Å². The lowest BCUT2D eigenvalue weighted by Crippen LogP contribution is -2.41. The lowest BCUT2D eigenvalue weighted by Gasteiger charge is -2.13. The lowest BCUT2D eigenvalue weighted by atomic mass is 10.1. The molecule has 108 valence electrons. The van der Waals surface area contributed by atoms with Gasteiger partial charge in [0, 0.05) is 17.4 Å². The molecule has 0 radical (unpaired) electrons. The predicted molar refractivity (Wildman–Crippen MR) is 83.1 cm³/mol. The summed E-state index contributed by atoms with van der Waals surface area (Å²) in [6.45, 7) is 0. The van der Waals surface area contributed by atoms with Crippen molar-refractivity contribution >= 4 is 29.3 Å². The molecule has 2 aromatic rings. The van der Waals surface area contributed by atoms with Crippen LogP contribution in [0.1, 0.15) is 10.4 Å². The van der Waals surface area contributed by atoms with Gasteiger partial charge in [0.2, 0.25) is 5.91 Å². The summed E-state index contributed by atoms with van der Waals surface area (Å²) >= 11 is 1.51. The molecular weight excluding hydrogens is 286 g/mol. The Kier molecular flexibility index (Phi) is 5.29. The Bertz CT molecular complexity index is 620. The molecule has 0 aliphatic rings. The van der Waals surface area contributed by atoms with E-state index in [-0.39, 0.29) is 6.42 Å². The number of carboxylic acid groups (broad SMARTS) is 1. The quantitative estimate of drug-likeness (QED) is 0.806. The van der Waals surface area contributed by atoms with Crippen LogP contribution in [0.2, 0.25) is 0 Å². The summed E-state index contributed by atoms with van der Waals surface area (Å²) < 4.78 is 0. The first-order valence-corrected chi connectivity index (χ1v) is 7.32. The molecule has 0 fully saturated rings. The molecule has 2 N–H and O–H groups in total. The highest BCUT2D eigenvalue weighted by Crippen LogP contribution is 2.10. The van der Waals surface area contributed by atoms with Gasteiger partial charge in [0.25, 0.3) is 0 Å². The summed E-state index contributed by atoms with van der Waals surface area (Å²) in [6.07, 6.45) is 3.28. The number of thiophene rings is 1. The molecule has 1 aromatic carbocycles. The van der Waals surface area contributed by atoms with Crippen molar-refractivity contribution in [3.63, 3.8) is 0 Å². The molecule has 0 saturated carbocycles. The maximum absolute atomic E-state index is 11.8. The molecule has 1 unspecified atom stereocenters. The average Bonchev–Trinajstić information content (AvgIpc) is 2.99. The number of hydrogen-bond acceptors (Lipinski definition) is 3. The summed E-state index contributed by atoms with van der Waals surface area (Å²) in [6, 6.07) is 12.0. The number of benzene rings is 1. The van der Waals surface area contributed by atoms with Gasteiger partial charge >= 0.3 is 5.97 Å². The molecule has 0 spiro atoms. The fraction of sp³-hybridized carbons (Fsp3) is 0.125. The summed E-state index contributed by atoms with van der Waals surface area (Å²) in [7, 11) is 0. The second-order valence-corrected chi connectivity index (χ2v) is 5.42. The van der Waals surface area contributed by atoms with Gasteiger partial charge < -0.3 is 10.4 Å². The van der Waals surface area contributed by atoms with E-state index in [9.17, 15) is 14.7 Å². The van der Waals surface area contributed by atoms with Crippen molar-refractivity contribution in [3.05, 3.63) is 64.4 Å². The summed E-state index contributed by atoms with van der Waals surface area (Å²) in [5.74, 6) is -1.46. The molecule has 2 rings (SSSR count). The fourth-order valence-electron chi connectivity index (χ4n) is 1.81. The van der Waals surface area contributed by atoms with Crippen LogP contribution in [0.15, 0.2) is 53.9 Å². The first kappa shape index (κ1) is 15.0. The number of carboxylic acids is 1. The summed E-state index contributed by atoms with van der Waals surface area (Å²) in [5.41, 5.74) is 0.868. The SMILES string of the molecule is O=C(/C=C/c1cccs1)NC(Cc1ccccc1)C(=O)O. The predicted octanol–water partition coefficient (Wildman–Crippen LogP) is 2.57. The number of carbonyl (C=O) groups is 2. The monoisotopic (exact) mass is 301 g/mol. The molecule has 1 heterocycles. The topological polar surface area (TPSA) is 66.4 Å². The van der Waals surface area contributed by atoms with Gasteiger partial charge in [-0.3, -0.25) is 4.79 Å². The molecule has 1 amide bonds. The highest BCUT2D eigenvalue weighted by molar-refractivity contribution is 7.10. The van der Waals surface area contributed by atoms with Crippen molar-refractivity contribution in [1.82, 2.24) is 5.32 Å². The Labute approximate surface area is 126 Å². The van der Waals surface area contributed by atoms with Crippen LogP contribution >= 0.6 is 11.3 Å². The number of rotatable bonds is 6. The minimum Gasteiger partial charge on any atom is -0.480 e. The van der Waals surface area contributed by atoms with Crippen molar-refractivity contribution in [2.24, 2.45) is 0 Å². The van der Waals surface area contributed by atoms with E-state index >= 15 is 0 Å². The van der Waals surface area contributed by atoms with Gasteiger partial charge in [0.1, 0.15) is 6.04 Å². The van der Waals surface area contributed by atoms with Crippen LogP contribution in [0.25, 0.3) is 6.08 Å². The lowest BCUT2D eigenvalue weighted by molar-refractivity contribution is -0.141. The molecule has 0 aliphatic heterocycles. The number of nitrogens with one attached hydrogen (secondary N) is 1. The second-order valence-electron chi connectivity index (χ2n) is 4.44. The van der Waals surface area contributed by atoms with Crippen LogP contribution in [-0.2, 0) is 16.0 Å². The first-order chi connectivity index (χ1) is 10.1. The van der Waals surface area contributed by atoms with Crippen molar-refractivity contribution in [1.29, 1.82) is 0 Å². The average molecular weight is 301 g/mol. The standard InChI is InChI=1S/C16H15NO3S/c18-15(9-8-13-7-4-10-21-13)17-14(16(19)20)11-12-5-2-1-3-6-12/h1-10,14H,11H2,(H,17,18)(H,19,20)/b9-8+. The normalized spacial score (nSPS) is 12.2. The maximum Gasteiger partial charge on any atom is 0.326 e. The van der Waals surface area contributed by atoms with Crippen LogP contribution in [0.4, 0.5) is 0 Å². The van der Waals surface area contributed by atoms with Gasteiger partial charge in [-0.05, 0) is 23.1 Å². The largest absolute Gasteiger partial charge is 0.480 e. The maximum atomic E-state index is 11.8. The summed E-state index contributed by atoms with van der Waals surface area (Å²) in [5, 5.41) is 13.6. The second kappa shape index (κ2) is 7.40. The van der Waals surface area contributed by atoms with E-state index in [0.717, 1.165) is 10.4 Å². The smallest absolute Gasteiger partial charge is 0.326 e. The first-order valence-electron chi connectivity index (χ1n) is 6.44. The molecular formula is C16H15NO3S. The van der Waals surface area contributed by atoms with Gasteiger partial charge in [-0.1, -0.05) is 36.4 Å². The minimum atomic E-state index is -1.04. The summed E-state index contributed by atoms with van der Waals surface area (Å²) in [4.78, 5) is 24.0. The van der Waals surface area contributed by atoms with E-state index < -0.39 is 17.9 Å². The number of aliphatic carboxylic acids is 1. The van der Waals surface area contributed by atoms with Crippen LogP contribution in [0.5, 0.6) is 0 Å². The number of amides is 1. The third-order valence-electron chi connectivity index (χ3n) is 2.84. The zero-order chi connectivity index (χ0) is 15.1. The molecule has 0 aliphatic carbocycles. The van der Waals surface area contributed by atoms with E-state index in [2.05, 4.69) is 5.32 Å². The molecule has 0 saturated heterocycles. The van der Waals surface area contributed by atoms with Crippen LogP contribution < -0.4 is 5.32 Å². The van der Waals surface area contributed by atoms with E-state index in [0.29, 0.717) is 0 Å². The number of carbonyl (C=O) groups excluding carboxylic acids is 1. The Morgan fingerprint density at radius 1 is 1.19 bits per heavy atom. The van der Waals surface area contributed by atoms with E-state index in [1.165, 1.54) is 17.4 Å². The van der Waals surface area contributed by atoms with Crippen LogP contribution in [-0.4, -0.2) is 23.0 Å². The molecule has 21 heavy (non-hydrogen) atoms. The van der Waals surface area contributed by atoms with Gasteiger partial charge in [0.05, 0.1) is 0 Å². The van der Waals surface area contributed by atoms with E-state index in [1.807, 2.05) is 47.8 Å². The molecule has 0 bridgehead atoms. The Morgan fingerprint density at radius 3 is 2.57 bits per heavy atom.